The zero-order valence-corrected chi connectivity index (χ0v) is 12.0. The fourth-order valence-corrected chi connectivity index (χ4v) is 2.60. The van der Waals surface area contributed by atoms with Gasteiger partial charge in [-0.2, -0.15) is 0 Å². The summed E-state index contributed by atoms with van der Waals surface area (Å²) in [6, 6.07) is 2.14. The molecule has 2 rings (SSSR count). The van der Waals surface area contributed by atoms with Crippen molar-refractivity contribution in [2.75, 3.05) is 33.3 Å². The van der Waals surface area contributed by atoms with E-state index >= 15 is 0 Å². The van der Waals surface area contributed by atoms with Gasteiger partial charge in [0.1, 0.15) is 0 Å². The molecule has 1 fully saturated rings. The fraction of sp³-hybridized carbons (Fsp3) is 0.643. The van der Waals surface area contributed by atoms with Crippen LogP contribution in [-0.4, -0.2) is 64.7 Å². The van der Waals surface area contributed by atoms with Gasteiger partial charge in [0, 0.05) is 51.2 Å². The lowest BCUT2D eigenvalue weighted by Gasteiger charge is -2.39. The maximum atomic E-state index is 12.5. The number of aromatic nitrogens is 1. The molecule has 106 valence electrons. The van der Waals surface area contributed by atoms with Crippen LogP contribution in [0.3, 0.4) is 0 Å². The van der Waals surface area contributed by atoms with Gasteiger partial charge >= 0.3 is 0 Å². The number of likely N-dealkylation sites (N-methyl/N-ethyl adjacent to an activating group) is 1. The molecular weight excluding hydrogens is 242 g/mol. The van der Waals surface area contributed by atoms with Gasteiger partial charge in [-0.1, -0.05) is 0 Å². The third kappa shape index (κ3) is 2.82. The molecule has 5 nitrogen and oxygen atoms in total. The number of hydrogen-bond donors (Lipinski definition) is 1. The Morgan fingerprint density at radius 3 is 2.74 bits per heavy atom. The highest BCUT2D eigenvalue weighted by Crippen LogP contribution is 2.16. The number of hydrogen-bond acceptors (Lipinski definition) is 3. The van der Waals surface area contributed by atoms with Crippen LogP contribution in [0.15, 0.2) is 12.3 Å². The van der Waals surface area contributed by atoms with Crippen molar-refractivity contribution < 1.29 is 9.90 Å². The zero-order valence-electron chi connectivity index (χ0n) is 12.0. The van der Waals surface area contributed by atoms with E-state index in [-0.39, 0.29) is 18.6 Å². The van der Waals surface area contributed by atoms with Crippen LogP contribution in [0.5, 0.6) is 0 Å². The van der Waals surface area contributed by atoms with E-state index in [4.69, 9.17) is 5.11 Å². The van der Waals surface area contributed by atoms with Gasteiger partial charge in [0.05, 0.1) is 5.56 Å². The van der Waals surface area contributed by atoms with Crippen LogP contribution < -0.4 is 0 Å². The zero-order chi connectivity index (χ0) is 14.0. The number of rotatable bonds is 3. The van der Waals surface area contributed by atoms with E-state index in [1.165, 1.54) is 0 Å². The second-order valence-electron chi connectivity index (χ2n) is 5.32. The van der Waals surface area contributed by atoms with Crippen LogP contribution in [-0.2, 0) is 7.05 Å². The standard InChI is InChI=1S/C14H23N3O2/c1-11-13(4-6-15(11)2)14(19)17-8-7-16(3)12(10-17)5-9-18/h4,6,12,18H,5,7-10H2,1-3H3. The number of aliphatic hydroxyl groups is 1. The molecule has 1 aliphatic heterocycles. The predicted molar refractivity (Wildman–Crippen MR) is 74.2 cm³/mol. The first-order chi connectivity index (χ1) is 9.04. The molecule has 0 saturated carbocycles. The first kappa shape index (κ1) is 14.1. The van der Waals surface area contributed by atoms with Gasteiger partial charge in [0.2, 0.25) is 0 Å². The minimum Gasteiger partial charge on any atom is -0.396 e. The van der Waals surface area contributed by atoms with E-state index in [9.17, 15) is 4.79 Å². The predicted octanol–water partition coefficient (Wildman–Crippen LogP) is 0.472. The summed E-state index contributed by atoms with van der Waals surface area (Å²) in [6.45, 7) is 4.45. The molecule has 0 aliphatic carbocycles. The smallest absolute Gasteiger partial charge is 0.255 e. The average Bonchev–Trinajstić information content (AvgIpc) is 2.72. The monoisotopic (exact) mass is 265 g/mol. The third-order valence-electron chi connectivity index (χ3n) is 4.14. The molecule has 1 atom stereocenters. The molecule has 1 saturated heterocycles. The minimum absolute atomic E-state index is 0.106. The lowest BCUT2D eigenvalue weighted by molar-refractivity contribution is 0.0500. The molecule has 1 aromatic heterocycles. The van der Waals surface area contributed by atoms with Crippen LogP contribution in [0, 0.1) is 6.92 Å². The maximum Gasteiger partial charge on any atom is 0.255 e. The normalized spacial score (nSPS) is 20.8. The van der Waals surface area contributed by atoms with E-state index in [2.05, 4.69) is 11.9 Å². The van der Waals surface area contributed by atoms with Gasteiger partial charge in [0.15, 0.2) is 0 Å². The van der Waals surface area contributed by atoms with E-state index in [1.807, 2.05) is 35.7 Å². The van der Waals surface area contributed by atoms with Gasteiger partial charge in [-0.25, -0.2) is 0 Å². The summed E-state index contributed by atoms with van der Waals surface area (Å²) >= 11 is 0. The molecule has 0 aromatic carbocycles. The van der Waals surface area contributed by atoms with Crippen LogP contribution >= 0.6 is 0 Å². The van der Waals surface area contributed by atoms with Gasteiger partial charge in [-0.15, -0.1) is 0 Å². The fourth-order valence-electron chi connectivity index (χ4n) is 2.60. The lowest BCUT2D eigenvalue weighted by Crippen LogP contribution is -2.53. The van der Waals surface area contributed by atoms with E-state index in [0.717, 1.165) is 24.3 Å². The van der Waals surface area contributed by atoms with E-state index in [1.54, 1.807) is 0 Å². The van der Waals surface area contributed by atoms with Crippen molar-refractivity contribution in [3.8, 4) is 0 Å². The summed E-state index contributed by atoms with van der Waals surface area (Å²) in [6.07, 6.45) is 2.64. The van der Waals surface area contributed by atoms with E-state index < -0.39 is 0 Å². The molecule has 0 bridgehead atoms. The molecular formula is C14H23N3O2. The number of carbonyl (C=O) groups excluding carboxylic acids is 1. The summed E-state index contributed by atoms with van der Waals surface area (Å²) < 4.78 is 1.97. The third-order valence-corrected chi connectivity index (χ3v) is 4.14. The van der Waals surface area contributed by atoms with Crippen LogP contribution in [0.2, 0.25) is 0 Å². The highest BCUT2D eigenvalue weighted by molar-refractivity contribution is 5.95. The number of amides is 1. The molecule has 1 amide bonds. The lowest BCUT2D eigenvalue weighted by atomic mass is 10.1. The Morgan fingerprint density at radius 1 is 1.42 bits per heavy atom. The summed E-state index contributed by atoms with van der Waals surface area (Å²) in [7, 11) is 4.00. The topological polar surface area (TPSA) is 48.7 Å². The number of aliphatic hydroxyl groups excluding tert-OH is 1. The van der Waals surface area contributed by atoms with Crippen LogP contribution in [0.25, 0.3) is 0 Å². The summed E-state index contributed by atoms with van der Waals surface area (Å²) in [5.74, 6) is 0.106. The first-order valence-electron chi connectivity index (χ1n) is 6.77. The summed E-state index contributed by atoms with van der Waals surface area (Å²) in [5, 5.41) is 9.09. The first-order valence-corrected chi connectivity index (χ1v) is 6.77. The van der Waals surface area contributed by atoms with Crippen molar-refractivity contribution in [2.45, 2.75) is 19.4 Å². The maximum absolute atomic E-state index is 12.5. The average molecular weight is 265 g/mol. The molecule has 0 spiro atoms. The molecule has 5 heteroatoms. The Kier molecular flexibility index (Phi) is 4.27. The van der Waals surface area contributed by atoms with Crippen molar-refractivity contribution in [3.05, 3.63) is 23.5 Å². The quantitative estimate of drug-likeness (QED) is 0.864. The van der Waals surface area contributed by atoms with Crippen LogP contribution in [0.1, 0.15) is 22.5 Å². The van der Waals surface area contributed by atoms with Crippen molar-refractivity contribution in [2.24, 2.45) is 7.05 Å². The number of carbonyl (C=O) groups is 1. The molecule has 19 heavy (non-hydrogen) atoms. The van der Waals surface area contributed by atoms with E-state index in [0.29, 0.717) is 13.0 Å². The molecule has 1 aliphatic rings. The number of aryl methyl sites for hydroxylation is 1. The molecule has 2 heterocycles. The Labute approximate surface area is 114 Å². The molecule has 0 radical (unpaired) electrons. The Morgan fingerprint density at radius 2 is 2.16 bits per heavy atom. The Bertz CT molecular complexity index is 456. The molecule has 1 unspecified atom stereocenters. The second-order valence-corrected chi connectivity index (χ2v) is 5.32. The van der Waals surface area contributed by atoms with Crippen molar-refractivity contribution in [1.29, 1.82) is 0 Å². The van der Waals surface area contributed by atoms with Gasteiger partial charge in [0.25, 0.3) is 5.91 Å². The van der Waals surface area contributed by atoms with Gasteiger partial charge in [-0.05, 0) is 26.5 Å². The largest absolute Gasteiger partial charge is 0.396 e. The summed E-state index contributed by atoms with van der Waals surface area (Å²) in [4.78, 5) is 16.6. The molecule has 1 N–H and O–H groups in total. The minimum atomic E-state index is 0.106. The molecule has 1 aromatic rings. The van der Waals surface area contributed by atoms with Crippen molar-refractivity contribution in [1.82, 2.24) is 14.4 Å². The Hall–Kier alpha value is -1.33. The second kappa shape index (κ2) is 5.75. The summed E-state index contributed by atoms with van der Waals surface area (Å²) in [5.41, 5.74) is 1.79. The van der Waals surface area contributed by atoms with Crippen molar-refractivity contribution >= 4 is 5.91 Å². The Balaban J connectivity index is 2.09. The van der Waals surface area contributed by atoms with Gasteiger partial charge in [-0.3, -0.25) is 9.69 Å². The highest BCUT2D eigenvalue weighted by Gasteiger charge is 2.28. The van der Waals surface area contributed by atoms with Crippen LogP contribution in [0.4, 0.5) is 0 Å². The van der Waals surface area contributed by atoms with Gasteiger partial charge < -0.3 is 14.6 Å². The SMILES string of the molecule is Cc1c(C(=O)N2CCN(C)C(CCO)C2)ccn1C. The number of piperazine rings is 1. The highest BCUT2D eigenvalue weighted by atomic mass is 16.3. The van der Waals surface area contributed by atoms with Crippen molar-refractivity contribution in [3.63, 3.8) is 0 Å². The number of nitrogens with zero attached hydrogens (tertiary/aromatic N) is 3.